The van der Waals surface area contributed by atoms with Gasteiger partial charge in [0.2, 0.25) is 11.8 Å². The van der Waals surface area contributed by atoms with Gasteiger partial charge in [0.15, 0.2) is 0 Å². The molecule has 0 spiro atoms. The quantitative estimate of drug-likeness (QED) is 0.901. The molecule has 94 valence electrons. The Balaban J connectivity index is 2.22. The van der Waals surface area contributed by atoms with Crippen LogP contribution in [0.2, 0.25) is 0 Å². The first kappa shape index (κ1) is 12.3. The number of anilines is 1. The number of ether oxygens (including phenoxy) is 1. The summed E-state index contributed by atoms with van der Waals surface area (Å²) < 4.78 is 18.9. The van der Waals surface area contributed by atoms with Gasteiger partial charge in [0.25, 0.3) is 5.88 Å². The molecule has 1 heterocycles. The van der Waals surface area contributed by atoms with Crippen LogP contribution in [-0.2, 0) is 0 Å². The molecular weight excluding hydrogens is 233 g/mol. The first-order valence-corrected chi connectivity index (χ1v) is 5.70. The van der Waals surface area contributed by atoms with Gasteiger partial charge >= 0.3 is 0 Å². The number of benzene rings is 1. The lowest BCUT2D eigenvalue weighted by Crippen LogP contribution is -2.04. The number of nitrogens with zero attached hydrogens (tertiary/aromatic N) is 2. The van der Waals surface area contributed by atoms with Crippen LogP contribution >= 0.6 is 0 Å². The van der Waals surface area contributed by atoms with Crippen LogP contribution in [0.4, 0.5) is 10.3 Å². The van der Waals surface area contributed by atoms with Gasteiger partial charge in [-0.25, -0.2) is 4.98 Å². The van der Waals surface area contributed by atoms with Gasteiger partial charge in [-0.15, -0.1) is 0 Å². The fraction of sp³-hybridized carbons (Fsp3) is 0.231. The minimum absolute atomic E-state index is 0.0789. The van der Waals surface area contributed by atoms with Crippen LogP contribution in [0.15, 0.2) is 30.5 Å². The van der Waals surface area contributed by atoms with Crippen molar-refractivity contribution in [3.05, 3.63) is 41.8 Å². The lowest BCUT2D eigenvalue weighted by molar-refractivity contribution is 0.420. The molecule has 0 saturated carbocycles. The smallest absolute Gasteiger partial charge is 0.260 e. The van der Waals surface area contributed by atoms with Crippen molar-refractivity contribution in [1.29, 1.82) is 0 Å². The normalized spacial score (nSPS) is 10.2. The molecule has 0 bridgehead atoms. The summed E-state index contributed by atoms with van der Waals surface area (Å²) in [7, 11) is 0. The number of hydrogen-bond acceptors (Lipinski definition) is 4. The second-order valence-electron chi connectivity index (χ2n) is 3.79. The third-order valence-electron chi connectivity index (χ3n) is 2.28. The Labute approximate surface area is 105 Å². The highest BCUT2D eigenvalue weighted by molar-refractivity contribution is 5.33. The van der Waals surface area contributed by atoms with Crippen molar-refractivity contribution in [3.63, 3.8) is 0 Å². The molecule has 2 rings (SSSR count). The molecule has 1 N–H and O–H groups in total. The maximum absolute atomic E-state index is 13.5. The van der Waals surface area contributed by atoms with E-state index < -0.39 is 5.82 Å². The van der Waals surface area contributed by atoms with Crippen molar-refractivity contribution < 1.29 is 9.13 Å². The molecular formula is C13H14FN3O. The van der Waals surface area contributed by atoms with E-state index in [4.69, 9.17) is 4.74 Å². The van der Waals surface area contributed by atoms with Crippen LogP contribution in [0.1, 0.15) is 12.5 Å². The summed E-state index contributed by atoms with van der Waals surface area (Å²) in [5.41, 5.74) is 1.11. The maximum Gasteiger partial charge on any atom is 0.260 e. The molecule has 0 amide bonds. The van der Waals surface area contributed by atoms with Crippen molar-refractivity contribution in [1.82, 2.24) is 9.97 Å². The van der Waals surface area contributed by atoms with Crippen molar-refractivity contribution in [2.75, 3.05) is 11.9 Å². The van der Waals surface area contributed by atoms with Gasteiger partial charge < -0.3 is 10.1 Å². The first-order valence-electron chi connectivity index (χ1n) is 5.70. The van der Waals surface area contributed by atoms with Crippen LogP contribution in [0.5, 0.6) is 11.6 Å². The number of nitrogens with one attached hydrogen (secondary N) is 1. The van der Waals surface area contributed by atoms with E-state index in [1.807, 2.05) is 26.0 Å². The minimum Gasteiger partial charge on any atom is -0.436 e. The predicted octanol–water partition coefficient (Wildman–Crippen LogP) is 3.15. The Morgan fingerprint density at radius 2 is 2.00 bits per heavy atom. The molecule has 0 aliphatic rings. The van der Waals surface area contributed by atoms with Gasteiger partial charge in [0.1, 0.15) is 5.75 Å². The van der Waals surface area contributed by atoms with E-state index in [1.165, 1.54) is 0 Å². The van der Waals surface area contributed by atoms with E-state index in [9.17, 15) is 4.39 Å². The number of aryl methyl sites for hydroxylation is 1. The van der Waals surface area contributed by atoms with Crippen LogP contribution < -0.4 is 10.1 Å². The van der Waals surface area contributed by atoms with Gasteiger partial charge in [-0.05, 0) is 26.0 Å². The van der Waals surface area contributed by atoms with Gasteiger partial charge in [-0.3, -0.25) is 0 Å². The fourth-order valence-corrected chi connectivity index (χ4v) is 1.38. The van der Waals surface area contributed by atoms with E-state index in [0.29, 0.717) is 18.2 Å². The zero-order valence-corrected chi connectivity index (χ0v) is 10.3. The Kier molecular flexibility index (Phi) is 3.72. The summed E-state index contributed by atoms with van der Waals surface area (Å²) in [5, 5.41) is 2.90. The Hall–Kier alpha value is -2.17. The summed E-state index contributed by atoms with van der Waals surface area (Å²) >= 11 is 0. The zero-order valence-electron chi connectivity index (χ0n) is 10.3. The summed E-state index contributed by atoms with van der Waals surface area (Å²) in [6.07, 6.45) is 1.09. The molecule has 5 heteroatoms. The Bertz CT molecular complexity index is 528. The van der Waals surface area contributed by atoms with E-state index >= 15 is 0 Å². The van der Waals surface area contributed by atoms with Gasteiger partial charge in [-0.1, -0.05) is 17.7 Å². The topological polar surface area (TPSA) is 47.0 Å². The third kappa shape index (κ3) is 2.94. The first-order chi connectivity index (χ1) is 8.69. The lowest BCUT2D eigenvalue weighted by Gasteiger charge is -2.07. The molecule has 1 aromatic carbocycles. The van der Waals surface area contributed by atoms with E-state index in [0.717, 1.165) is 11.8 Å². The number of rotatable bonds is 4. The summed E-state index contributed by atoms with van der Waals surface area (Å²) in [6.45, 7) is 4.54. The maximum atomic E-state index is 13.5. The van der Waals surface area contributed by atoms with Crippen LogP contribution in [0.3, 0.4) is 0 Å². The standard InChI is InChI=1S/C13H14FN3O/c1-3-15-13-16-8-11(14)12(17-13)18-10-6-4-9(2)5-7-10/h4-8H,3H2,1-2H3,(H,15,16,17). The van der Waals surface area contributed by atoms with Crippen molar-refractivity contribution in [2.45, 2.75) is 13.8 Å². The van der Waals surface area contributed by atoms with Gasteiger partial charge in [-0.2, -0.15) is 9.37 Å². The Morgan fingerprint density at radius 3 is 2.67 bits per heavy atom. The van der Waals surface area contributed by atoms with Gasteiger partial charge in [0.05, 0.1) is 6.20 Å². The van der Waals surface area contributed by atoms with Crippen molar-refractivity contribution >= 4 is 5.95 Å². The second kappa shape index (κ2) is 5.44. The minimum atomic E-state index is -0.586. The van der Waals surface area contributed by atoms with Crippen molar-refractivity contribution in [3.8, 4) is 11.6 Å². The number of aromatic nitrogens is 2. The lowest BCUT2D eigenvalue weighted by atomic mass is 10.2. The highest BCUT2D eigenvalue weighted by Crippen LogP contribution is 2.22. The summed E-state index contributed by atoms with van der Waals surface area (Å²) in [5.74, 6) is 0.226. The summed E-state index contributed by atoms with van der Waals surface area (Å²) in [4.78, 5) is 7.77. The average Bonchev–Trinajstić information content (AvgIpc) is 2.36. The van der Waals surface area contributed by atoms with Crippen LogP contribution in [0.25, 0.3) is 0 Å². The second-order valence-corrected chi connectivity index (χ2v) is 3.79. The number of hydrogen-bond donors (Lipinski definition) is 1. The molecule has 4 nitrogen and oxygen atoms in total. The highest BCUT2D eigenvalue weighted by atomic mass is 19.1. The molecule has 0 radical (unpaired) electrons. The van der Waals surface area contributed by atoms with E-state index in [1.54, 1.807) is 12.1 Å². The van der Waals surface area contributed by atoms with Crippen LogP contribution in [0, 0.1) is 12.7 Å². The number of halogens is 1. The van der Waals surface area contributed by atoms with Gasteiger partial charge in [0, 0.05) is 6.54 Å². The third-order valence-corrected chi connectivity index (χ3v) is 2.28. The molecule has 0 unspecified atom stereocenters. The van der Waals surface area contributed by atoms with Crippen LogP contribution in [-0.4, -0.2) is 16.5 Å². The molecule has 0 aliphatic heterocycles. The average molecular weight is 247 g/mol. The van der Waals surface area contributed by atoms with E-state index in [2.05, 4.69) is 15.3 Å². The zero-order chi connectivity index (χ0) is 13.0. The fourth-order valence-electron chi connectivity index (χ4n) is 1.38. The molecule has 1 aromatic heterocycles. The van der Waals surface area contributed by atoms with Crippen molar-refractivity contribution in [2.24, 2.45) is 0 Å². The predicted molar refractivity (Wildman–Crippen MR) is 67.4 cm³/mol. The SMILES string of the molecule is CCNc1ncc(F)c(Oc2ccc(C)cc2)n1. The molecule has 18 heavy (non-hydrogen) atoms. The molecule has 0 saturated heterocycles. The molecule has 0 aliphatic carbocycles. The molecule has 2 aromatic rings. The molecule has 0 atom stereocenters. The highest BCUT2D eigenvalue weighted by Gasteiger charge is 2.08. The van der Waals surface area contributed by atoms with E-state index in [-0.39, 0.29) is 5.88 Å². The monoisotopic (exact) mass is 247 g/mol. The summed E-state index contributed by atoms with van der Waals surface area (Å²) in [6, 6.07) is 7.31. The molecule has 0 fully saturated rings. The Morgan fingerprint density at radius 1 is 1.28 bits per heavy atom. The largest absolute Gasteiger partial charge is 0.436 e.